The molecule has 3 rings (SSSR count). The van der Waals surface area contributed by atoms with Crippen LogP contribution in [0.2, 0.25) is 0 Å². The van der Waals surface area contributed by atoms with E-state index >= 15 is 0 Å². The van der Waals surface area contributed by atoms with E-state index in [0.29, 0.717) is 12.3 Å². The van der Waals surface area contributed by atoms with E-state index in [2.05, 4.69) is 23.8 Å². The number of aryl methyl sites for hydroxylation is 1. The van der Waals surface area contributed by atoms with Crippen LogP contribution in [-0.2, 0) is 6.54 Å². The molecule has 0 spiro atoms. The summed E-state index contributed by atoms with van der Waals surface area (Å²) in [4.78, 5) is 17.0. The van der Waals surface area contributed by atoms with Crippen LogP contribution in [-0.4, -0.2) is 51.7 Å². The Labute approximate surface area is 149 Å². The first-order chi connectivity index (χ1) is 12.1. The summed E-state index contributed by atoms with van der Waals surface area (Å²) in [6.45, 7) is 10.4. The zero-order chi connectivity index (χ0) is 17.8. The van der Waals surface area contributed by atoms with Crippen LogP contribution < -0.4 is 0 Å². The van der Waals surface area contributed by atoms with Crippen LogP contribution in [0.4, 0.5) is 0 Å². The monoisotopic (exact) mass is 344 g/mol. The number of amides is 1. The number of furan rings is 1. The van der Waals surface area contributed by atoms with Gasteiger partial charge in [-0.2, -0.15) is 5.10 Å². The van der Waals surface area contributed by atoms with E-state index in [4.69, 9.17) is 4.42 Å². The normalized spacial score (nSPS) is 18.1. The molecule has 2 aromatic rings. The first kappa shape index (κ1) is 17.7. The zero-order valence-electron chi connectivity index (χ0n) is 15.4. The maximum absolute atomic E-state index is 12.8. The third kappa shape index (κ3) is 4.12. The average Bonchev–Trinajstić information content (AvgIpc) is 3.28. The van der Waals surface area contributed by atoms with Crippen LogP contribution in [0.3, 0.4) is 0 Å². The van der Waals surface area contributed by atoms with Crippen molar-refractivity contribution in [1.82, 2.24) is 19.6 Å². The summed E-state index contributed by atoms with van der Waals surface area (Å²) in [7, 11) is 0. The molecule has 1 aliphatic rings. The predicted octanol–water partition coefficient (Wildman–Crippen LogP) is 3.10. The van der Waals surface area contributed by atoms with Gasteiger partial charge in [0.25, 0.3) is 5.91 Å². The molecule has 136 valence electrons. The first-order valence-electron chi connectivity index (χ1n) is 9.21. The fourth-order valence-electron chi connectivity index (χ4n) is 3.39. The first-order valence-corrected chi connectivity index (χ1v) is 9.21. The van der Waals surface area contributed by atoms with Crippen molar-refractivity contribution in [1.29, 1.82) is 0 Å². The lowest BCUT2D eigenvalue weighted by atomic mass is 10.1. The Balaban J connectivity index is 1.65. The molecule has 1 atom stereocenters. The fraction of sp³-hybridized carbons (Fsp3) is 0.579. The Kier molecular flexibility index (Phi) is 5.58. The van der Waals surface area contributed by atoms with Crippen molar-refractivity contribution in [2.75, 3.05) is 26.2 Å². The van der Waals surface area contributed by atoms with Crippen molar-refractivity contribution in [2.45, 2.75) is 46.2 Å². The summed E-state index contributed by atoms with van der Waals surface area (Å²) in [5.41, 5.74) is 1.15. The minimum atomic E-state index is -0.0145. The van der Waals surface area contributed by atoms with Gasteiger partial charge in [-0.3, -0.25) is 14.4 Å². The summed E-state index contributed by atoms with van der Waals surface area (Å²) in [5, 5.41) is 4.41. The van der Waals surface area contributed by atoms with Gasteiger partial charge in [0.1, 0.15) is 5.76 Å². The fourth-order valence-corrected chi connectivity index (χ4v) is 3.39. The lowest BCUT2D eigenvalue weighted by Gasteiger charge is -2.32. The van der Waals surface area contributed by atoms with E-state index in [-0.39, 0.29) is 11.9 Å². The number of carbonyl (C=O) groups is 1. The molecule has 0 aromatic carbocycles. The number of hydrogen-bond donors (Lipinski definition) is 0. The quantitative estimate of drug-likeness (QED) is 0.808. The van der Waals surface area contributed by atoms with Crippen molar-refractivity contribution >= 4 is 5.91 Å². The highest BCUT2D eigenvalue weighted by atomic mass is 16.4. The molecule has 0 N–H and O–H groups in total. The van der Waals surface area contributed by atoms with Gasteiger partial charge in [0.15, 0.2) is 5.76 Å². The molecule has 1 aliphatic heterocycles. The lowest BCUT2D eigenvalue weighted by molar-refractivity contribution is 0.0637. The third-order valence-corrected chi connectivity index (χ3v) is 4.93. The third-order valence-electron chi connectivity index (χ3n) is 4.93. The molecular formula is C19H28N4O2. The van der Waals surface area contributed by atoms with Crippen LogP contribution in [0.1, 0.15) is 54.6 Å². The topological polar surface area (TPSA) is 54.5 Å². The van der Waals surface area contributed by atoms with E-state index in [1.54, 1.807) is 0 Å². The second kappa shape index (κ2) is 7.87. The molecule has 1 saturated heterocycles. The molecule has 0 saturated carbocycles. The maximum atomic E-state index is 12.8. The largest absolute Gasteiger partial charge is 0.455 e. The number of likely N-dealkylation sites (tertiary alicyclic amines) is 1. The summed E-state index contributed by atoms with van der Waals surface area (Å²) < 4.78 is 7.81. The minimum Gasteiger partial charge on any atom is -0.455 e. The number of nitrogens with zero attached hydrogens (tertiary/aromatic N) is 4. The number of hydrogen-bond acceptors (Lipinski definition) is 4. The number of piperidine rings is 1. The van der Waals surface area contributed by atoms with Gasteiger partial charge in [-0.05, 0) is 50.6 Å². The van der Waals surface area contributed by atoms with Crippen molar-refractivity contribution < 1.29 is 9.21 Å². The second-order valence-corrected chi connectivity index (χ2v) is 6.77. The van der Waals surface area contributed by atoms with Crippen LogP contribution in [0.15, 0.2) is 28.9 Å². The minimum absolute atomic E-state index is 0.0145. The Hall–Kier alpha value is -2.08. The molecule has 3 heterocycles. The van der Waals surface area contributed by atoms with Crippen LogP contribution in [0, 0.1) is 6.92 Å². The van der Waals surface area contributed by atoms with Gasteiger partial charge in [0.2, 0.25) is 0 Å². The second-order valence-electron chi connectivity index (χ2n) is 6.77. The summed E-state index contributed by atoms with van der Waals surface area (Å²) in [5.74, 6) is 1.28. The molecule has 25 heavy (non-hydrogen) atoms. The summed E-state index contributed by atoms with van der Waals surface area (Å²) in [6, 6.07) is 3.98. The highest BCUT2D eigenvalue weighted by Crippen LogP contribution is 2.23. The predicted molar refractivity (Wildman–Crippen MR) is 96.5 cm³/mol. The van der Waals surface area contributed by atoms with Crippen LogP contribution >= 0.6 is 0 Å². The van der Waals surface area contributed by atoms with Gasteiger partial charge in [0.05, 0.1) is 18.8 Å². The van der Waals surface area contributed by atoms with E-state index in [1.165, 1.54) is 0 Å². The zero-order valence-corrected chi connectivity index (χ0v) is 15.4. The van der Waals surface area contributed by atoms with E-state index in [1.807, 2.05) is 41.0 Å². The molecule has 2 aromatic heterocycles. The molecule has 6 nitrogen and oxygen atoms in total. The van der Waals surface area contributed by atoms with Crippen molar-refractivity contribution in [3.63, 3.8) is 0 Å². The summed E-state index contributed by atoms with van der Waals surface area (Å²) >= 11 is 0. The Morgan fingerprint density at radius 3 is 2.84 bits per heavy atom. The highest BCUT2D eigenvalue weighted by Gasteiger charge is 2.27. The van der Waals surface area contributed by atoms with Gasteiger partial charge in [0, 0.05) is 19.3 Å². The molecule has 6 heteroatoms. The van der Waals surface area contributed by atoms with Crippen molar-refractivity contribution in [3.8, 4) is 0 Å². The maximum Gasteiger partial charge on any atom is 0.289 e. The van der Waals surface area contributed by atoms with E-state index < -0.39 is 0 Å². The molecule has 1 fully saturated rings. The van der Waals surface area contributed by atoms with E-state index in [9.17, 15) is 4.79 Å². The standard InChI is InChI=1S/C19H28N4O2/c1-4-21(5-2)14-17-8-9-18(25-17)19(24)22-10-6-7-16(13-22)23-12-15(3)11-20-23/h8-9,11-12,16H,4-7,10,13-14H2,1-3H3/t16-/m0/s1. The van der Waals surface area contributed by atoms with E-state index in [0.717, 1.165) is 50.3 Å². The van der Waals surface area contributed by atoms with Gasteiger partial charge < -0.3 is 9.32 Å². The molecule has 0 bridgehead atoms. The molecular weight excluding hydrogens is 316 g/mol. The molecule has 1 amide bonds. The van der Waals surface area contributed by atoms with Gasteiger partial charge in [-0.15, -0.1) is 0 Å². The van der Waals surface area contributed by atoms with Crippen molar-refractivity contribution in [3.05, 3.63) is 41.6 Å². The molecule has 0 aliphatic carbocycles. The van der Waals surface area contributed by atoms with Gasteiger partial charge in [-0.1, -0.05) is 13.8 Å². The number of aromatic nitrogens is 2. The van der Waals surface area contributed by atoms with Gasteiger partial charge >= 0.3 is 0 Å². The van der Waals surface area contributed by atoms with Crippen molar-refractivity contribution in [2.24, 2.45) is 0 Å². The van der Waals surface area contributed by atoms with Crippen LogP contribution in [0.5, 0.6) is 0 Å². The van der Waals surface area contributed by atoms with Crippen LogP contribution in [0.25, 0.3) is 0 Å². The number of carbonyl (C=O) groups excluding carboxylic acids is 1. The average molecular weight is 344 g/mol. The highest BCUT2D eigenvalue weighted by molar-refractivity contribution is 5.91. The molecule has 0 unspecified atom stereocenters. The molecule has 0 radical (unpaired) electrons. The van der Waals surface area contributed by atoms with Gasteiger partial charge in [-0.25, -0.2) is 0 Å². The summed E-state index contributed by atoms with van der Waals surface area (Å²) in [6.07, 6.45) is 5.96. The smallest absolute Gasteiger partial charge is 0.289 e. The lowest BCUT2D eigenvalue weighted by Crippen LogP contribution is -2.40. The number of rotatable bonds is 6. The SMILES string of the molecule is CCN(CC)Cc1ccc(C(=O)N2CCC[C@H](n3cc(C)cn3)C2)o1. The Morgan fingerprint density at radius 2 is 2.16 bits per heavy atom. The Morgan fingerprint density at radius 1 is 1.36 bits per heavy atom. The Bertz CT molecular complexity index is 702.